The number of hydrogen-bond acceptors (Lipinski definition) is 13. The van der Waals surface area contributed by atoms with Gasteiger partial charge >= 0.3 is 35.5 Å². The largest absolute Gasteiger partial charge is 1.00 e. The Morgan fingerprint density at radius 2 is 1.06 bits per heavy atom. The van der Waals surface area contributed by atoms with Crippen molar-refractivity contribution in [3.8, 4) is 5.75 Å². The molecule has 0 aromatic heterocycles. The number of unbranched alkanes of at least 4 members (excludes halogenated alkanes) is 4. The fraction of sp³-hybridized carbons (Fsp3) is 0.360. The molecule has 13 rings (SSSR count). The fourth-order valence-corrected chi connectivity index (χ4v) is 17.7. The van der Waals surface area contributed by atoms with Crippen molar-refractivity contribution < 1.29 is 88.6 Å². The average Bonchev–Trinajstić information content (AvgIpc) is 1.60. The van der Waals surface area contributed by atoms with E-state index in [0.29, 0.717) is 62.6 Å². The SMILES string of the molecule is CC1(C)C(=CC=CC=CC2=[N+](CCCCS(=O)(=O)[O-])c3ccc4ccc(OCCCCCC(=O)ON5C(=O)CCC5=O)cc4c3C2(C)C)N(CCCCS(=O)(=O)[O-])c2ccc3ccccc3c21.Cc1ccc2ccc3c(c2c1)C(C)(C)C(=CC=CC1=[N+](C)c2ccc4ccc(C)cc4c2C1(C)C)N3C.[Na+]. The van der Waals surface area contributed by atoms with E-state index < -0.39 is 60.4 Å². The van der Waals surface area contributed by atoms with E-state index in [9.17, 15) is 40.3 Å². The standard InChI is InChI=1S/C51H59N3O11S2.C35H37N2.Na/c1-50(2)43(52(30-12-15-33-66(58,59)60)41-26-23-36-17-10-11-18-39(36)48(41)50)19-7-5-8-20-44-51(3,4)49-40-35-38(64-32-14-6-9-21-47(57)65-54-45(55)28-29-46(54)56)25-22-37(40)24-27-42(49)53(44)31-13-16-34-67(61,62)63;1-22-12-14-24-16-18-28-32(26(24)20-22)34(3,4)30(36(28)7)10-9-11-31-35(5,6)33-27-21-23(2)13-15-25(27)17-19-29(33)37(31)8;/h5,7-8,10-11,17-20,22-27,35H,6,9,12-16,21,28-34H2,1-4H3,(H-,58,59,60,61,62,63);9-21H,1-8H3;/q;2*+1/p-1. The number of benzene rings is 8. The van der Waals surface area contributed by atoms with Gasteiger partial charge in [-0.15, -0.1) is 5.06 Å². The summed E-state index contributed by atoms with van der Waals surface area (Å²) in [4.78, 5) is 45.3. The Labute approximate surface area is 640 Å². The van der Waals surface area contributed by atoms with Gasteiger partial charge in [0.2, 0.25) is 11.4 Å². The number of likely N-dealkylation sites (N-methyl/N-ethyl adjacent to an activating group) is 1. The maximum Gasteiger partial charge on any atom is 1.00 e. The van der Waals surface area contributed by atoms with E-state index in [-0.39, 0.29) is 72.5 Å². The molecule has 0 atom stereocenters. The van der Waals surface area contributed by atoms with Crippen molar-refractivity contribution in [1.29, 1.82) is 0 Å². The topological polar surface area (TPSA) is 200 Å². The van der Waals surface area contributed by atoms with Gasteiger partial charge in [0.1, 0.15) is 19.3 Å². The number of aryl methyl sites for hydroxylation is 2. The van der Waals surface area contributed by atoms with Crippen molar-refractivity contribution in [2.45, 2.75) is 155 Å². The summed E-state index contributed by atoms with van der Waals surface area (Å²) >= 11 is 0. The van der Waals surface area contributed by atoms with E-state index in [1.165, 1.54) is 72.1 Å². The molecule has 19 heteroatoms. The second-order valence-electron chi connectivity index (χ2n) is 30.4. The van der Waals surface area contributed by atoms with Gasteiger partial charge in [0, 0.05) is 120 Å². The number of imide groups is 1. The monoisotopic (exact) mass is 1460 g/mol. The maximum absolute atomic E-state index is 12.2. The molecule has 1 saturated heterocycles. The Kier molecular flexibility index (Phi) is 22.9. The summed E-state index contributed by atoms with van der Waals surface area (Å²) < 4.78 is 79.5. The van der Waals surface area contributed by atoms with Crippen LogP contribution in [0.5, 0.6) is 5.75 Å². The number of anilines is 2. The smallest absolute Gasteiger partial charge is 0.748 e. The molecule has 0 bridgehead atoms. The molecule has 5 heterocycles. The van der Waals surface area contributed by atoms with Crippen molar-refractivity contribution in [2.75, 3.05) is 55.1 Å². The summed E-state index contributed by atoms with van der Waals surface area (Å²) in [6, 6.07) is 45.3. The number of nitrogens with zero attached hydrogens (tertiary/aromatic N) is 5. The van der Waals surface area contributed by atoms with Crippen LogP contribution in [0.25, 0.3) is 43.1 Å². The fourth-order valence-electron chi connectivity index (χ4n) is 16.6. The molecule has 542 valence electrons. The molecule has 8 aromatic carbocycles. The van der Waals surface area contributed by atoms with Crippen LogP contribution in [-0.2, 0) is 61.1 Å². The molecular weight excluding hydrogens is 1370 g/mol. The molecule has 0 radical (unpaired) electrons. The van der Waals surface area contributed by atoms with Crippen molar-refractivity contribution in [3.63, 3.8) is 0 Å². The van der Waals surface area contributed by atoms with E-state index in [4.69, 9.17) is 9.57 Å². The number of carbonyl (C=O) groups excluding carboxylic acids is 3. The van der Waals surface area contributed by atoms with Gasteiger partial charge in [0.25, 0.3) is 11.8 Å². The first-order valence-electron chi connectivity index (χ1n) is 36.2. The quantitative estimate of drug-likeness (QED) is 0.0146. The minimum Gasteiger partial charge on any atom is -0.748 e. The number of ether oxygens (including phenoxy) is 1. The number of hydroxylamine groups is 2. The van der Waals surface area contributed by atoms with Gasteiger partial charge in [0.15, 0.2) is 11.4 Å². The molecular formula is C86H95N5NaO11S2+. The van der Waals surface area contributed by atoms with Gasteiger partial charge in [-0.05, 0) is 183 Å². The number of rotatable bonds is 23. The van der Waals surface area contributed by atoms with E-state index >= 15 is 0 Å². The van der Waals surface area contributed by atoms with Crippen LogP contribution in [0.4, 0.5) is 22.7 Å². The van der Waals surface area contributed by atoms with E-state index in [0.717, 1.165) is 49.9 Å². The molecule has 5 aliphatic heterocycles. The van der Waals surface area contributed by atoms with E-state index in [2.05, 4.69) is 230 Å². The minimum absolute atomic E-state index is 0. The van der Waals surface area contributed by atoms with Crippen LogP contribution in [0.1, 0.15) is 153 Å². The molecule has 8 aromatic rings. The van der Waals surface area contributed by atoms with Gasteiger partial charge in [-0.1, -0.05) is 142 Å². The number of fused-ring (bicyclic) bond motifs is 12. The van der Waals surface area contributed by atoms with Crippen LogP contribution in [-0.4, -0.2) is 115 Å². The summed E-state index contributed by atoms with van der Waals surface area (Å²) in [6.45, 7) is 23.9. The third-order valence-electron chi connectivity index (χ3n) is 21.6. The molecule has 5 aliphatic rings. The Morgan fingerprint density at radius 3 is 1.72 bits per heavy atom. The molecule has 2 amide bonds. The molecule has 105 heavy (non-hydrogen) atoms. The number of allylic oxidation sites excluding steroid dienone is 10. The zero-order chi connectivity index (χ0) is 74.4. The predicted octanol–water partition coefficient (Wildman–Crippen LogP) is 13.8. The van der Waals surface area contributed by atoms with Crippen LogP contribution in [0.3, 0.4) is 0 Å². The number of carbonyl (C=O) groups is 3. The third-order valence-corrected chi connectivity index (χ3v) is 23.2. The van der Waals surface area contributed by atoms with Crippen LogP contribution in [0.2, 0.25) is 0 Å². The molecule has 0 spiro atoms. The van der Waals surface area contributed by atoms with Gasteiger partial charge in [-0.3, -0.25) is 9.59 Å². The summed E-state index contributed by atoms with van der Waals surface area (Å²) in [5.41, 5.74) is 16.0. The van der Waals surface area contributed by atoms with Crippen molar-refractivity contribution in [2.24, 2.45) is 0 Å². The number of hydrogen-bond donors (Lipinski definition) is 0. The van der Waals surface area contributed by atoms with Crippen LogP contribution < -0.4 is 44.1 Å². The molecule has 0 saturated carbocycles. The first kappa shape index (κ1) is 77.8. The summed E-state index contributed by atoms with van der Waals surface area (Å²) in [6.07, 6.45) is 20.5. The van der Waals surface area contributed by atoms with Crippen molar-refractivity contribution >= 4 is 115 Å². The number of amides is 2. The summed E-state index contributed by atoms with van der Waals surface area (Å²) in [5, 5.41) is 10.2. The molecule has 0 aliphatic carbocycles. The minimum atomic E-state index is -4.36. The van der Waals surface area contributed by atoms with Crippen LogP contribution >= 0.6 is 0 Å². The first-order chi connectivity index (χ1) is 49.3. The van der Waals surface area contributed by atoms with Crippen molar-refractivity contribution in [1.82, 2.24) is 5.06 Å². The molecule has 0 unspecified atom stereocenters. The Bertz CT molecular complexity index is 5270. The normalized spacial score (nSPS) is 17.9. The zero-order valence-corrected chi connectivity index (χ0v) is 66.5. The zero-order valence-electron chi connectivity index (χ0n) is 62.9. The Balaban J connectivity index is 0.000000243. The molecule has 0 N–H and O–H groups in total. The van der Waals surface area contributed by atoms with Gasteiger partial charge in [-0.25, -0.2) is 21.6 Å². The predicted molar refractivity (Wildman–Crippen MR) is 416 cm³/mol. The van der Waals surface area contributed by atoms with Crippen molar-refractivity contribution in [3.05, 3.63) is 221 Å². The second-order valence-corrected chi connectivity index (χ2v) is 33.5. The van der Waals surface area contributed by atoms with Gasteiger partial charge in [0.05, 0.1) is 37.7 Å². The first-order valence-corrected chi connectivity index (χ1v) is 39.4. The van der Waals surface area contributed by atoms with Gasteiger partial charge in [-0.2, -0.15) is 9.15 Å². The van der Waals surface area contributed by atoms with E-state index in [1.54, 1.807) is 0 Å². The molecule has 16 nitrogen and oxygen atoms in total. The molecule has 1 fully saturated rings. The van der Waals surface area contributed by atoms with Gasteiger partial charge < -0.3 is 28.5 Å². The second kappa shape index (κ2) is 30.9. The Morgan fingerprint density at radius 1 is 0.533 bits per heavy atom. The van der Waals surface area contributed by atoms with Crippen LogP contribution in [0, 0.1) is 13.8 Å². The maximum atomic E-state index is 12.2. The summed E-state index contributed by atoms with van der Waals surface area (Å²) in [7, 11) is -4.26. The Hall–Kier alpha value is -8.33. The third kappa shape index (κ3) is 15.9. The van der Waals surface area contributed by atoms with E-state index in [1.807, 2.05) is 48.6 Å². The van der Waals surface area contributed by atoms with Crippen LogP contribution in [0.15, 0.2) is 187 Å². The average molecular weight is 1460 g/mol. The summed E-state index contributed by atoms with van der Waals surface area (Å²) in [5.74, 6) is -1.79.